The van der Waals surface area contributed by atoms with Gasteiger partial charge in [-0.25, -0.2) is 0 Å². The average Bonchev–Trinajstić information content (AvgIpc) is 2.72. The summed E-state index contributed by atoms with van der Waals surface area (Å²) < 4.78 is 5.38. The van der Waals surface area contributed by atoms with Crippen molar-refractivity contribution in [1.29, 1.82) is 0 Å². The molecule has 1 aliphatic heterocycles. The second-order valence-corrected chi connectivity index (χ2v) is 5.13. The Hall–Kier alpha value is -0.0800. The Kier molecular flexibility index (Phi) is 3.45. The molecule has 1 N–H and O–H groups in total. The van der Waals surface area contributed by atoms with Crippen LogP contribution in [0.1, 0.15) is 44.9 Å². The molecule has 0 atom stereocenters. The summed E-state index contributed by atoms with van der Waals surface area (Å²) in [5, 5.41) is 9.55. The maximum absolute atomic E-state index is 9.55. The van der Waals surface area contributed by atoms with Crippen LogP contribution >= 0.6 is 0 Å². The first-order chi connectivity index (χ1) is 6.85. The normalized spacial score (nSPS) is 28.1. The zero-order valence-corrected chi connectivity index (χ0v) is 9.00. The second-order valence-electron chi connectivity index (χ2n) is 5.13. The fraction of sp³-hybridized carbons (Fsp3) is 1.00. The van der Waals surface area contributed by atoms with Crippen molar-refractivity contribution in [2.75, 3.05) is 19.8 Å². The topological polar surface area (TPSA) is 29.5 Å². The Balaban J connectivity index is 1.89. The van der Waals surface area contributed by atoms with Crippen molar-refractivity contribution in [2.24, 2.45) is 11.3 Å². The maximum Gasteiger partial charge on any atom is 0.0489 e. The highest BCUT2D eigenvalue weighted by Gasteiger charge is 2.35. The molecule has 1 heterocycles. The van der Waals surface area contributed by atoms with Crippen LogP contribution in [0.15, 0.2) is 0 Å². The molecular weight excluding hydrogens is 176 g/mol. The quantitative estimate of drug-likeness (QED) is 0.754. The summed E-state index contributed by atoms with van der Waals surface area (Å²) in [7, 11) is 0. The van der Waals surface area contributed by atoms with Crippen molar-refractivity contribution < 1.29 is 9.84 Å². The summed E-state index contributed by atoms with van der Waals surface area (Å²) in [6, 6.07) is 0. The van der Waals surface area contributed by atoms with E-state index in [4.69, 9.17) is 4.74 Å². The molecule has 0 radical (unpaired) electrons. The van der Waals surface area contributed by atoms with Gasteiger partial charge in [0.05, 0.1) is 0 Å². The Labute approximate surface area is 86.6 Å². The maximum atomic E-state index is 9.55. The van der Waals surface area contributed by atoms with E-state index in [1.807, 2.05) is 0 Å². The molecule has 1 saturated carbocycles. The Morgan fingerprint density at radius 3 is 2.36 bits per heavy atom. The van der Waals surface area contributed by atoms with Crippen LogP contribution in [0.25, 0.3) is 0 Å². The molecule has 1 saturated heterocycles. The molecule has 2 fully saturated rings. The molecule has 2 nitrogen and oxygen atoms in total. The standard InChI is InChI=1S/C12H22O2/c13-10-12(5-7-14-8-6-12)9-11-3-1-2-4-11/h11,13H,1-10H2. The minimum Gasteiger partial charge on any atom is -0.396 e. The fourth-order valence-electron chi connectivity index (χ4n) is 3.06. The number of ether oxygens (including phenoxy) is 1. The highest BCUT2D eigenvalue weighted by molar-refractivity contribution is 4.85. The van der Waals surface area contributed by atoms with E-state index in [1.165, 1.54) is 32.1 Å². The van der Waals surface area contributed by atoms with Crippen molar-refractivity contribution in [3.05, 3.63) is 0 Å². The van der Waals surface area contributed by atoms with Gasteiger partial charge in [-0.15, -0.1) is 0 Å². The van der Waals surface area contributed by atoms with Gasteiger partial charge in [0.2, 0.25) is 0 Å². The molecular formula is C12H22O2. The number of hydrogen-bond donors (Lipinski definition) is 1. The van der Waals surface area contributed by atoms with Gasteiger partial charge in [-0.3, -0.25) is 0 Å². The lowest BCUT2D eigenvalue weighted by atomic mass is 9.74. The van der Waals surface area contributed by atoms with Gasteiger partial charge in [0.1, 0.15) is 0 Å². The molecule has 0 unspecified atom stereocenters. The molecule has 0 aromatic rings. The zero-order valence-electron chi connectivity index (χ0n) is 9.00. The number of aliphatic hydroxyl groups excluding tert-OH is 1. The largest absolute Gasteiger partial charge is 0.396 e. The van der Waals surface area contributed by atoms with E-state index in [2.05, 4.69) is 0 Å². The van der Waals surface area contributed by atoms with Crippen molar-refractivity contribution in [3.8, 4) is 0 Å². The Morgan fingerprint density at radius 1 is 1.14 bits per heavy atom. The number of rotatable bonds is 3. The van der Waals surface area contributed by atoms with Gasteiger partial charge >= 0.3 is 0 Å². The Morgan fingerprint density at radius 2 is 1.79 bits per heavy atom. The van der Waals surface area contributed by atoms with Gasteiger partial charge in [-0.1, -0.05) is 25.7 Å². The van der Waals surface area contributed by atoms with Crippen molar-refractivity contribution >= 4 is 0 Å². The summed E-state index contributed by atoms with van der Waals surface area (Å²) in [6.45, 7) is 2.08. The summed E-state index contributed by atoms with van der Waals surface area (Å²) in [4.78, 5) is 0. The smallest absolute Gasteiger partial charge is 0.0489 e. The van der Waals surface area contributed by atoms with Crippen LogP contribution < -0.4 is 0 Å². The lowest BCUT2D eigenvalue weighted by Gasteiger charge is -2.37. The van der Waals surface area contributed by atoms with Crippen LogP contribution in [0.2, 0.25) is 0 Å². The fourth-order valence-corrected chi connectivity index (χ4v) is 3.06. The number of hydrogen-bond acceptors (Lipinski definition) is 2. The van der Waals surface area contributed by atoms with Gasteiger partial charge in [0.25, 0.3) is 0 Å². The lowest BCUT2D eigenvalue weighted by Crippen LogP contribution is -2.34. The SMILES string of the molecule is OCC1(CC2CCCC2)CCOCC1. The lowest BCUT2D eigenvalue weighted by molar-refractivity contribution is -0.0286. The molecule has 2 aliphatic rings. The van der Waals surface area contributed by atoms with Crippen LogP contribution in [0.5, 0.6) is 0 Å². The third-order valence-electron chi connectivity index (χ3n) is 4.09. The van der Waals surface area contributed by atoms with Crippen molar-refractivity contribution in [1.82, 2.24) is 0 Å². The van der Waals surface area contributed by atoms with E-state index in [-0.39, 0.29) is 5.41 Å². The molecule has 0 spiro atoms. The molecule has 0 aromatic heterocycles. The zero-order chi connectivity index (χ0) is 9.86. The summed E-state index contributed by atoms with van der Waals surface area (Å²) in [6.07, 6.45) is 8.98. The molecule has 14 heavy (non-hydrogen) atoms. The van der Waals surface area contributed by atoms with E-state index in [1.54, 1.807) is 0 Å². The van der Waals surface area contributed by atoms with E-state index in [9.17, 15) is 5.11 Å². The monoisotopic (exact) mass is 198 g/mol. The average molecular weight is 198 g/mol. The molecule has 2 heteroatoms. The first-order valence-corrected chi connectivity index (χ1v) is 6.03. The summed E-state index contributed by atoms with van der Waals surface area (Å²) >= 11 is 0. The second kappa shape index (κ2) is 4.63. The van der Waals surface area contributed by atoms with Crippen LogP contribution in [0.3, 0.4) is 0 Å². The Bertz CT molecular complexity index is 167. The summed E-state index contributed by atoms with van der Waals surface area (Å²) in [5.41, 5.74) is 0.216. The highest BCUT2D eigenvalue weighted by atomic mass is 16.5. The van der Waals surface area contributed by atoms with Crippen molar-refractivity contribution in [3.63, 3.8) is 0 Å². The third kappa shape index (κ3) is 2.29. The highest BCUT2D eigenvalue weighted by Crippen LogP contribution is 2.41. The van der Waals surface area contributed by atoms with Gasteiger partial charge in [-0.2, -0.15) is 0 Å². The molecule has 0 amide bonds. The van der Waals surface area contributed by atoms with Crippen molar-refractivity contribution in [2.45, 2.75) is 44.9 Å². The van der Waals surface area contributed by atoms with Gasteiger partial charge < -0.3 is 9.84 Å². The van der Waals surface area contributed by atoms with E-state index in [0.717, 1.165) is 32.0 Å². The molecule has 0 aromatic carbocycles. The van der Waals surface area contributed by atoms with Gasteiger partial charge in [0.15, 0.2) is 0 Å². The minimum atomic E-state index is 0.216. The predicted octanol–water partition coefficient (Wildman–Crippen LogP) is 2.36. The molecule has 82 valence electrons. The van der Waals surface area contributed by atoms with Crippen LogP contribution in [0.4, 0.5) is 0 Å². The predicted molar refractivity (Wildman–Crippen MR) is 56.1 cm³/mol. The first kappa shape index (κ1) is 10.4. The first-order valence-electron chi connectivity index (χ1n) is 6.03. The summed E-state index contributed by atoms with van der Waals surface area (Å²) in [5.74, 6) is 0.889. The van der Waals surface area contributed by atoms with Gasteiger partial charge in [0, 0.05) is 19.8 Å². The molecule has 0 bridgehead atoms. The third-order valence-corrected chi connectivity index (χ3v) is 4.09. The van der Waals surface area contributed by atoms with Crippen LogP contribution in [-0.4, -0.2) is 24.9 Å². The van der Waals surface area contributed by atoms with E-state index >= 15 is 0 Å². The van der Waals surface area contributed by atoms with Crippen LogP contribution in [-0.2, 0) is 4.74 Å². The van der Waals surface area contributed by atoms with E-state index < -0.39 is 0 Å². The van der Waals surface area contributed by atoms with Crippen LogP contribution in [0, 0.1) is 11.3 Å². The van der Waals surface area contributed by atoms with Gasteiger partial charge in [-0.05, 0) is 30.6 Å². The molecule has 2 rings (SSSR count). The van der Waals surface area contributed by atoms with E-state index in [0.29, 0.717) is 6.61 Å². The minimum absolute atomic E-state index is 0.216. The number of aliphatic hydroxyl groups is 1. The molecule has 1 aliphatic carbocycles.